The zero-order valence-corrected chi connectivity index (χ0v) is 22.9. The molecule has 1 fully saturated rings. The van der Waals surface area contributed by atoms with Crippen LogP contribution >= 0.6 is 0 Å². The lowest BCUT2D eigenvalue weighted by Gasteiger charge is -2.18. The minimum atomic E-state index is 0.725. The van der Waals surface area contributed by atoms with Gasteiger partial charge in [-0.15, -0.1) is 0 Å². The number of pyridine rings is 1. The van der Waals surface area contributed by atoms with Crippen molar-refractivity contribution in [2.45, 2.75) is 94.4 Å². The van der Waals surface area contributed by atoms with Crippen LogP contribution in [0.25, 0.3) is 5.57 Å². The molecule has 1 aromatic heterocycles. The Morgan fingerprint density at radius 3 is 2.06 bits per heavy atom. The highest BCUT2D eigenvalue weighted by Crippen LogP contribution is 2.32. The number of aryl methyl sites for hydroxylation is 2. The molecule has 3 rings (SSSR count). The second-order valence-electron chi connectivity index (χ2n) is 8.47. The molecule has 33 heavy (non-hydrogen) atoms. The van der Waals surface area contributed by atoms with Crippen LogP contribution in [0.5, 0.6) is 0 Å². The number of aromatic nitrogens is 1. The first-order valence-electron chi connectivity index (χ1n) is 12.7. The van der Waals surface area contributed by atoms with Crippen molar-refractivity contribution in [1.29, 1.82) is 5.26 Å². The van der Waals surface area contributed by atoms with Crippen molar-refractivity contribution in [2.24, 2.45) is 5.92 Å². The minimum Gasteiger partial charge on any atom is -0.387 e. The summed E-state index contributed by atoms with van der Waals surface area (Å²) in [7, 11) is 1.90. The van der Waals surface area contributed by atoms with E-state index in [1.165, 1.54) is 36.8 Å². The van der Waals surface area contributed by atoms with Crippen LogP contribution in [0.3, 0.4) is 0 Å². The van der Waals surface area contributed by atoms with E-state index >= 15 is 0 Å². The molecule has 0 amide bonds. The average molecular weight is 450 g/mol. The van der Waals surface area contributed by atoms with Gasteiger partial charge in [-0.25, -0.2) is 0 Å². The number of allylic oxidation sites excluding steroid dienone is 1. The van der Waals surface area contributed by atoms with E-state index in [2.05, 4.69) is 70.1 Å². The van der Waals surface area contributed by atoms with Gasteiger partial charge in [-0.3, -0.25) is 4.98 Å². The van der Waals surface area contributed by atoms with Gasteiger partial charge in [0.25, 0.3) is 0 Å². The summed E-state index contributed by atoms with van der Waals surface area (Å²) in [5.41, 5.74) is 8.46. The normalized spacial score (nSPS) is 12.5. The van der Waals surface area contributed by atoms with Gasteiger partial charge in [0.15, 0.2) is 0 Å². The van der Waals surface area contributed by atoms with E-state index in [9.17, 15) is 5.26 Å². The lowest BCUT2D eigenvalue weighted by molar-refractivity contribution is 0.346. The van der Waals surface area contributed by atoms with Crippen LogP contribution in [0.4, 0.5) is 5.69 Å². The third-order valence-electron chi connectivity index (χ3n) is 5.56. The fraction of sp³-hybridized carbons (Fsp3) is 0.533. The van der Waals surface area contributed by atoms with Crippen LogP contribution in [0.2, 0.25) is 0 Å². The van der Waals surface area contributed by atoms with Crippen molar-refractivity contribution in [3.63, 3.8) is 0 Å². The van der Waals surface area contributed by atoms with Crippen LogP contribution in [0.1, 0.15) is 107 Å². The topological polar surface area (TPSA) is 48.7 Å². The van der Waals surface area contributed by atoms with Crippen molar-refractivity contribution in [3.8, 4) is 6.07 Å². The number of hydrogen-bond acceptors (Lipinski definition) is 3. The first-order valence-corrected chi connectivity index (χ1v) is 12.7. The highest BCUT2D eigenvalue weighted by Gasteiger charge is 2.14. The second-order valence-corrected chi connectivity index (χ2v) is 8.47. The van der Waals surface area contributed by atoms with Gasteiger partial charge in [0.2, 0.25) is 0 Å². The van der Waals surface area contributed by atoms with Crippen molar-refractivity contribution >= 4 is 11.3 Å². The first-order chi connectivity index (χ1) is 15.8. The van der Waals surface area contributed by atoms with E-state index < -0.39 is 0 Å². The van der Waals surface area contributed by atoms with Gasteiger partial charge in [0.05, 0.1) is 23.5 Å². The number of hydrogen-bond donors (Lipinski definition) is 1. The zero-order chi connectivity index (χ0) is 25.4. The summed E-state index contributed by atoms with van der Waals surface area (Å²) in [6, 6.07) is 6.38. The Morgan fingerprint density at radius 2 is 1.64 bits per heavy atom. The first kappa shape index (κ1) is 30.4. The quantitative estimate of drug-likeness (QED) is 0.506. The molecule has 1 N–H and O–H groups in total. The molecule has 0 spiro atoms. The maximum atomic E-state index is 9.36. The molecule has 2 aromatic rings. The van der Waals surface area contributed by atoms with Gasteiger partial charge in [-0.2, -0.15) is 5.26 Å². The third-order valence-corrected chi connectivity index (χ3v) is 5.56. The molecule has 0 radical (unpaired) electrons. The molecule has 182 valence electrons. The van der Waals surface area contributed by atoms with Gasteiger partial charge in [-0.1, -0.05) is 79.4 Å². The monoisotopic (exact) mass is 449 g/mol. The smallest absolute Gasteiger partial charge is 0.0994 e. The SMILES string of the molecule is CC.CC/C=C(\c1cc(C#N)c(C)cc1C)c1cncc(NC)c1C.CC1CCC1.CCC. The third kappa shape index (κ3) is 9.42. The molecule has 1 heterocycles. The highest BCUT2D eigenvalue weighted by molar-refractivity contribution is 5.85. The van der Waals surface area contributed by atoms with E-state index in [-0.39, 0.29) is 0 Å². The number of rotatable bonds is 4. The summed E-state index contributed by atoms with van der Waals surface area (Å²) in [5, 5.41) is 12.5. The average Bonchev–Trinajstić information content (AvgIpc) is 2.79. The molecule has 3 heteroatoms. The zero-order valence-electron chi connectivity index (χ0n) is 22.9. The minimum absolute atomic E-state index is 0.725. The number of benzene rings is 1. The van der Waals surface area contributed by atoms with E-state index in [0.29, 0.717) is 0 Å². The van der Waals surface area contributed by atoms with Crippen molar-refractivity contribution < 1.29 is 0 Å². The van der Waals surface area contributed by atoms with E-state index in [4.69, 9.17) is 0 Å². The number of nitriles is 1. The van der Waals surface area contributed by atoms with Crippen molar-refractivity contribution in [1.82, 2.24) is 4.98 Å². The molecular weight excluding hydrogens is 402 g/mol. The molecule has 3 nitrogen and oxygen atoms in total. The summed E-state index contributed by atoms with van der Waals surface area (Å²) in [5.74, 6) is 1.06. The summed E-state index contributed by atoms with van der Waals surface area (Å²) in [6.45, 7) is 18.9. The van der Waals surface area contributed by atoms with Crippen molar-refractivity contribution in [3.05, 3.63) is 64.0 Å². The molecule has 0 bridgehead atoms. The van der Waals surface area contributed by atoms with Crippen LogP contribution in [0.15, 0.2) is 30.6 Å². The Bertz CT molecular complexity index is 899. The Kier molecular flexibility index (Phi) is 15.6. The van der Waals surface area contributed by atoms with Gasteiger partial charge in [-0.05, 0) is 67.0 Å². The van der Waals surface area contributed by atoms with E-state index in [1.807, 2.05) is 46.3 Å². The molecule has 1 aliphatic carbocycles. The fourth-order valence-electron chi connectivity index (χ4n) is 3.49. The Balaban J connectivity index is 0.000000857. The second kappa shape index (κ2) is 17.0. The maximum Gasteiger partial charge on any atom is 0.0994 e. The predicted molar refractivity (Wildman–Crippen MR) is 147 cm³/mol. The number of nitrogens with zero attached hydrogens (tertiary/aromatic N) is 2. The molecule has 0 saturated heterocycles. The van der Waals surface area contributed by atoms with Crippen molar-refractivity contribution in [2.75, 3.05) is 12.4 Å². The standard InChI is InChI=1S/C20H23N3.C5H10.C3H8.C2H6/c1-6-7-17(19-11-23-12-20(22-5)15(19)4)18-9-16(10-21)13(2)8-14(18)3;1-5-3-2-4-5;1-3-2;1-2/h7-9,11-12,22H,6H2,1-5H3;5H,2-4H2,1H3;3H2,1-2H3;1-2H3/b17-7+;;;. The van der Waals surface area contributed by atoms with E-state index in [1.54, 1.807) is 0 Å². The summed E-state index contributed by atoms with van der Waals surface area (Å²) >= 11 is 0. The Morgan fingerprint density at radius 1 is 1.06 bits per heavy atom. The molecule has 1 aliphatic rings. The molecule has 0 unspecified atom stereocenters. The van der Waals surface area contributed by atoms with Crippen LogP contribution in [-0.2, 0) is 0 Å². The molecule has 0 aliphatic heterocycles. The number of nitrogens with one attached hydrogen (secondary N) is 1. The van der Waals surface area contributed by atoms with Gasteiger partial charge in [0.1, 0.15) is 0 Å². The lowest BCUT2D eigenvalue weighted by atomic mass is 9.88. The fourth-order valence-corrected chi connectivity index (χ4v) is 3.49. The molecule has 1 saturated carbocycles. The summed E-state index contributed by atoms with van der Waals surface area (Å²) in [6.07, 6.45) is 12.6. The largest absolute Gasteiger partial charge is 0.387 e. The molecule has 1 aromatic carbocycles. The Labute approximate surface area is 204 Å². The summed E-state index contributed by atoms with van der Waals surface area (Å²) < 4.78 is 0. The van der Waals surface area contributed by atoms with E-state index in [0.717, 1.165) is 45.9 Å². The lowest BCUT2D eigenvalue weighted by Crippen LogP contribution is -2.04. The van der Waals surface area contributed by atoms with Gasteiger partial charge < -0.3 is 5.32 Å². The van der Waals surface area contributed by atoms with Gasteiger partial charge >= 0.3 is 0 Å². The number of anilines is 1. The highest BCUT2D eigenvalue weighted by atomic mass is 14.8. The summed E-state index contributed by atoms with van der Waals surface area (Å²) in [4.78, 5) is 4.37. The van der Waals surface area contributed by atoms with Crippen LogP contribution in [0, 0.1) is 38.0 Å². The molecule has 0 atom stereocenters. The predicted octanol–water partition coefficient (Wildman–Crippen LogP) is 9.01. The Hall–Kier alpha value is -2.60. The molecular formula is C30H47N3. The van der Waals surface area contributed by atoms with Gasteiger partial charge in [0, 0.05) is 18.8 Å². The van der Waals surface area contributed by atoms with Crippen LogP contribution in [-0.4, -0.2) is 12.0 Å². The maximum absolute atomic E-state index is 9.36. The van der Waals surface area contributed by atoms with Crippen LogP contribution < -0.4 is 5.32 Å².